The number of carbonyl (C=O) groups is 1. The van der Waals surface area contributed by atoms with Crippen molar-refractivity contribution in [2.24, 2.45) is 0 Å². The summed E-state index contributed by atoms with van der Waals surface area (Å²) in [6.07, 6.45) is 0.221. The number of methoxy groups -OCH3 is 3. The Bertz CT molecular complexity index is 1170. The summed E-state index contributed by atoms with van der Waals surface area (Å²) < 4.78 is 16.3. The van der Waals surface area contributed by atoms with Gasteiger partial charge in [0.05, 0.1) is 45.4 Å². The predicted octanol–water partition coefficient (Wildman–Crippen LogP) is 4.26. The normalized spacial score (nSPS) is 15.1. The number of nitrogens with zero attached hydrogens (tertiary/aromatic N) is 2. The molecule has 0 N–H and O–H groups in total. The summed E-state index contributed by atoms with van der Waals surface area (Å²) in [4.78, 5) is 15.1. The summed E-state index contributed by atoms with van der Waals surface area (Å²) >= 11 is 0. The number of hydrogen-bond donors (Lipinski definition) is 0. The lowest BCUT2D eigenvalue weighted by molar-refractivity contribution is -0.118. The fourth-order valence-electron chi connectivity index (χ4n) is 4.01. The highest BCUT2D eigenvalue weighted by atomic mass is 16.5. The minimum Gasteiger partial charge on any atom is -0.497 e. The van der Waals surface area contributed by atoms with Crippen molar-refractivity contribution in [1.29, 1.82) is 5.26 Å². The maximum Gasteiger partial charge on any atom is 0.232 e. The van der Waals surface area contributed by atoms with Gasteiger partial charge in [0.1, 0.15) is 5.75 Å². The molecule has 0 saturated carbocycles. The average molecular weight is 414 g/mol. The quantitative estimate of drug-likeness (QED) is 0.624. The van der Waals surface area contributed by atoms with Gasteiger partial charge in [-0.15, -0.1) is 0 Å². The molecule has 0 bridgehead atoms. The van der Waals surface area contributed by atoms with E-state index in [1.807, 2.05) is 42.5 Å². The van der Waals surface area contributed by atoms with E-state index in [0.717, 1.165) is 22.4 Å². The van der Waals surface area contributed by atoms with Gasteiger partial charge in [-0.2, -0.15) is 5.26 Å². The molecule has 156 valence electrons. The van der Waals surface area contributed by atoms with Crippen molar-refractivity contribution in [2.75, 3.05) is 26.2 Å². The van der Waals surface area contributed by atoms with Crippen molar-refractivity contribution in [1.82, 2.24) is 0 Å². The van der Waals surface area contributed by atoms with Gasteiger partial charge >= 0.3 is 0 Å². The smallest absolute Gasteiger partial charge is 0.232 e. The Morgan fingerprint density at radius 1 is 0.935 bits per heavy atom. The molecule has 1 heterocycles. The number of fused-ring (bicyclic) bond motifs is 1. The van der Waals surface area contributed by atoms with Crippen LogP contribution < -0.4 is 19.1 Å². The van der Waals surface area contributed by atoms with Gasteiger partial charge in [-0.05, 0) is 59.2 Å². The van der Waals surface area contributed by atoms with Crippen LogP contribution in [0, 0.1) is 11.3 Å². The standard InChI is InChI=1S/C25H22N2O4/c1-29-20-9-7-17(8-10-20)25-21-14-23(31-3)22(30-2)12-18(21)13-24(28)27(25)19-6-4-5-16(11-19)15-26/h4-12,14,25H,13H2,1-3H3/t25-/m1/s1. The molecule has 1 atom stereocenters. The van der Waals surface area contributed by atoms with Crippen molar-refractivity contribution >= 4 is 11.6 Å². The summed E-state index contributed by atoms with van der Waals surface area (Å²) in [7, 11) is 4.79. The van der Waals surface area contributed by atoms with Crippen LogP contribution >= 0.6 is 0 Å². The van der Waals surface area contributed by atoms with Gasteiger partial charge in [-0.1, -0.05) is 18.2 Å². The number of benzene rings is 3. The largest absolute Gasteiger partial charge is 0.497 e. The highest BCUT2D eigenvalue weighted by Gasteiger charge is 2.36. The van der Waals surface area contributed by atoms with E-state index in [-0.39, 0.29) is 12.3 Å². The monoisotopic (exact) mass is 414 g/mol. The second kappa shape index (κ2) is 8.41. The van der Waals surface area contributed by atoms with Crippen molar-refractivity contribution in [2.45, 2.75) is 12.5 Å². The maximum absolute atomic E-state index is 13.4. The van der Waals surface area contributed by atoms with Gasteiger partial charge in [0.15, 0.2) is 11.5 Å². The third-order valence-corrected chi connectivity index (χ3v) is 5.49. The highest BCUT2D eigenvalue weighted by molar-refractivity contribution is 5.98. The highest BCUT2D eigenvalue weighted by Crippen LogP contribution is 2.43. The van der Waals surface area contributed by atoms with Gasteiger partial charge in [-0.25, -0.2) is 0 Å². The van der Waals surface area contributed by atoms with Crippen LogP contribution in [0.2, 0.25) is 0 Å². The van der Waals surface area contributed by atoms with E-state index in [0.29, 0.717) is 22.7 Å². The first-order chi connectivity index (χ1) is 15.1. The molecule has 0 fully saturated rings. The second-order valence-corrected chi connectivity index (χ2v) is 7.18. The van der Waals surface area contributed by atoms with E-state index in [4.69, 9.17) is 14.2 Å². The molecule has 1 amide bonds. The number of anilines is 1. The van der Waals surface area contributed by atoms with E-state index < -0.39 is 6.04 Å². The van der Waals surface area contributed by atoms with Crippen LogP contribution in [0.15, 0.2) is 60.7 Å². The third-order valence-electron chi connectivity index (χ3n) is 5.49. The van der Waals surface area contributed by atoms with Gasteiger partial charge in [0.2, 0.25) is 5.91 Å². The first-order valence-electron chi connectivity index (χ1n) is 9.80. The number of ether oxygens (including phenoxy) is 3. The number of amides is 1. The number of carbonyl (C=O) groups excluding carboxylic acids is 1. The molecule has 1 aliphatic rings. The molecule has 0 unspecified atom stereocenters. The van der Waals surface area contributed by atoms with E-state index in [1.54, 1.807) is 44.4 Å². The van der Waals surface area contributed by atoms with Crippen LogP contribution in [0.1, 0.15) is 28.3 Å². The Balaban J connectivity index is 1.94. The molecule has 0 aliphatic carbocycles. The fourth-order valence-corrected chi connectivity index (χ4v) is 4.01. The molecule has 0 radical (unpaired) electrons. The van der Waals surface area contributed by atoms with E-state index in [2.05, 4.69) is 6.07 Å². The maximum atomic E-state index is 13.4. The summed E-state index contributed by atoms with van der Waals surface area (Å²) in [5, 5.41) is 9.35. The van der Waals surface area contributed by atoms with E-state index >= 15 is 0 Å². The average Bonchev–Trinajstić information content (AvgIpc) is 2.82. The molecule has 0 spiro atoms. The van der Waals surface area contributed by atoms with Crippen molar-refractivity contribution in [3.63, 3.8) is 0 Å². The molecule has 31 heavy (non-hydrogen) atoms. The zero-order chi connectivity index (χ0) is 22.0. The van der Waals surface area contributed by atoms with Crippen molar-refractivity contribution in [3.8, 4) is 23.3 Å². The van der Waals surface area contributed by atoms with Crippen molar-refractivity contribution < 1.29 is 19.0 Å². The van der Waals surface area contributed by atoms with Crippen LogP contribution in [0.5, 0.6) is 17.2 Å². The minimum absolute atomic E-state index is 0.0596. The van der Waals surface area contributed by atoms with Crippen LogP contribution in [0.25, 0.3) is 0 Å². The van der Waals surface area contributed by atoms with Gasteiger partial charge < -0.3 is 19.1 Å². The molecular formula is C25H22N2O4. The third kappa shape index (κ3) is 3.66. The summed E-state index contributed by atoms with van der Waals surface area (Å²) in [6, 6.07) is 20.3. The van der Waals surface area contributed by atoms with Crippen molar-refractivity contribution in [3.05, 3.63) is 82.9 Å². The minimum atomic E-state index is -0.393. The summed E-state index contributed by atoms with van der Waals surface area (Å²) in [6.45, 7) is 0. The Hall–Kier alpha value is -3.98. The lowest BCUT2D eigenvalue weighted by Crippen LogP contribution is -2.41. The predicted molar refractivity (Wildman–Crippen MR) is 117 cm³/mol. The zero-order valence-electron chi connectivity index (χ0n) is 17.6. The second-order valence-electron chi connectivity index (χ2n) is 7.18. The molecule has 6 heteroatoms. The van der Waals surface area contributed by atoms with Gasteiger partial charge in [0, 0.05) is 5.69 Å². The zero-order valence-corrected chi connectivity index (χ0v) is 17.6. The topological polar surface area (TPSA) is 71.8 Å². The fraction of sp³-hybridized carbons (Fsp3) is 0.200. The number of nitriles is 1. The summed E-state index contributed by atoms with van der Waals surface area (Å²) in [5.41, 5.74) is 3.92. The Kier molecular flexibility index (Phi) is 5.50. The van der Waals surface area contributed by atoms with Crippen LogP contribution in [-0.2, 0) is 11.2 Å². The molecule has 3 aromatic carbocycles. The Morgan fingerprint density at radius 3 is 2.29 bits per heavy atom. The molecule has 0 aromatic heterocycles. The molecule has 1 aliphatic heterocycles. The van der Waals surface area contributed by atoms with E-state index in [1.165, 1.54) is 0 Å². The molecule has 6 nitrogen and oxygen atoms in total. The van der Waals surface area contributed by atoms with E-state index in [9.17, 15) is 10.1 Å². The molecule has 4 rings (SSSR count). The van der Waals surface area contributed by atoms with Crippen LogP contribution in [0.4, 0.5) is 5.69 Å². The first kappa shape index (κ1) is 20.3. The van der Waals surface area contributed by atoms with Gasteiger partial charge in [-0.3, -0.25) is 4.79 Å². The lowest BCUT2D eigenvalue weighted by Gasteiger charge is -2.38. The number of rotatable bonds is 5. The Morgan fingerprint density at radius 2 is 1.65 bits per heavy atom. The SMILES string of the molecule is COc1ccc([C@@H]2c3cc(OC)c(OC)cc3CC(=O)N2c2cccc(C#N)c2)cc1. The Labute approximate surface area is 181 Å². The van der Waals surface area contributed by atoms with Crippen LogP contribution in [-0.4, -0.2) is 27.2 Å². The molecular weight excluding hydrogens is 392 g/mol. The molecule has 3 aromatic rings. The lowest BCUT2D eigenvalue weighted by atomic mass is 9.86. The summed E-state index contributed by atoms with van der Waals surface area (Å²) in [5.74, 6) is 1.86. The number of hydrogen-bond acceptors (Lipinski definition) is 5. The van der Waals surface area contributed by atoms with Crippen LogP contribution in [0.3, 0.4) is 0 Å². The molecule has 0 saturated heterocycles. The first-order valence-corrected chi connectivity index (χ1v) is 9.80. The van der Waals surface area contributed by atoms with Gasteiger partial charge in [0.25, 0.3) is 0 Å².